The second-order valence-electron chi connectivity index (χ2n) is 4.74. The molecule has 2 rings (SSSR count). The number of carbonyl (C=O) groups excluding carboxylic acids is 1. The van der Waals surface area contributed by atoms with Gasteiger partial charge in [-0.1, -0.05) is 29.8 Å². The first-order valence-corrected chi connectivity index (χ1v) is 7.77. The summed E-state index contributed by atoms with van der Waals surface area (Å²) in [5.74, 6) is 0. The fraction of sp³-hybridized carbons (Fsp3) is 0.188. The van der Waals surface area contributed by atoms with E-state index in [1.807, 2.05) is 49.4 Å². The molecule has 2 aromatic rings. The Kier molecular flexibility index (Phi) is 5.65. The van der Waals surface area contributed by atoms with Crippen LogP contribution in [0.15, 0.2) is 46.9 Å². The lowest BCUT2D eigenvalue weighted by Gasteiger charge is -2.10. The Hall–Kier alpha value is -1.52. The van der Waals surface area contributed by atoms with Gasteiger partial charge in [0.15, 0.2) is 0 Å². The Morgan fingerprint density at radius 1 is 1.24 bits per heavy atom. The van der Waals surface area contributed by atoms with Crippen molar-refractivity contribution in [3.63, 3.8) is 0 Å². The molecule has 0 saturated heterocycles. The molecule has 0 fully saturated rings. The van der Waals surface area contributed by atoms with Crippen LogP contribution in [0, 0.1) is 6.92 Å². The van der Waals surface area contributed by atoms with Gasteiger partial charge in [-0.05, 0) is 64.7 Å². The molecule has 0 spiro atoms. The van der Waals surface area contributed by atoms with Crippen LogP contribution in [0.3, 0.4) is 0 Å². The summed E-state index contributed by atoms with van der Waals surface area (Å²) in [4.78, 5) is 11.8. The molecule has 0 aliphatic rings. The summed E-state index contributed by atoms with van der Waals surface area (Å²) in [6.07, 6.45) is 0.739. The number of hydrogen-bond donors (Lipinski definition) is 2. The van der Waals surface area contributed by atoms with Crippen LogP contribution < -0.4 is 10.6 Å². The molecule has 0 unspecified atom stereocenters. The van der Waals surface area contributed by atoms with Gasteiger partial charge in [-0.3, -0.25) is 0 Å². The number of urea groups is 1. The molecule has 2 aromatic carbocycles. The molecule has 5 heteroatoms. The van der Waals surface area contributed by atoms with E-state index in [0.717, 1.165) is 27.7 Å². The molecule has 2 N–H and O–H groups in total. The van der Waals surface area contributed by atoms with Gasteiger partial charge in [-0.15, -0.1) is 0 Å². The molecule has 0 radical (unpaired) electrons. The topological polar surface area (TPSA) is 41.1 Å². The standard InChI is InChI=1S/C16H16BrClN2O/c1-11-5-6-15(14(17)9-11)20-16(21)19-8-7-12-3-2-4-13(18)10-12/h2-6,9-10H,7-8H2,1H3,(H2,19,20,21). The van der Waals surface area contributed by atoms with Gasteiger partial charge in [0.25, 0.3) is 0 Å². The number of rotatable bonds is 4. The minimum Gasteiger partial charge on any atom is -0.338 e. The molecule has 0 atom stereocenters. The first kappa shape index (κ1) is 15.9. The van der Waals surface area contributed by atoms with Crippen molar-refractivity contribution in [3.05, 3.63) is 63.1 Å². The van der Waals surface area contributed by atoms with E-state index < -0.39 is 0 Å². The monoisotopic (exact) mass is 366 g/mol. The highest BCUT2D eigenvalue weighted by Crippen LogP contribution is 2.23. The van der Waals surface area contributed by atoms with Crippen LogP contribution in [0.1, 0.15) is 11.1 Å². The molecular formula is C16H16BrClN2O. The Balaban J connectivity index is 1.82. The van der Waals surface area contributed by atoms with Crippen molar-refractivity contribution in [2.24, 2.45) is 0 Å². The highest BCUT2D eigenvalue weighted by atomic mass is 79.9. The van der Waals surface area contributed by atoms with Gasteiger partial charge in [0.05, 0.1) is 5.69 Å². The Bertz CT molecular complexity index is 646. The van der Waals surface area contributed by atoms with E-state index in [2.05, 4.69) is 26.6 Å². The molecular weight excluding hydrogens is 352 g/mol. The average molecular weight is 368 g/mol. The van der Waals surface area contributed by atoms with Gasteiger partial charge in [-0.25, -0.2) is 4.79 Å². The maximum atomic E-state index is 11.8. The zero-order chi connectivity index (χ0) is 15.2. The van der Waals surface area contributed by atoms with Crippen molar-refractivity contribution in [3.8, 4) is 0 Å². The van der Waals surface area contributed by atoms with E-state index in [1.165, 1.54) is 0 Å². The summed E-state index contributed by atoms with van der Waals surface area (Å²) in [7, 11) is 0. The number of hydrogen-bond acceptors (Lipinski definition) is 1. The third-order valence-corrected chi connectivity index (χ3v) is 3.85. The number of amides is 2. The summed E-state index contributed by atoms with van der Waals surface area (Å²) in [5.41, 5.74) is 2.98. The largest absolute Gasteiger partial charge is 0.338 e. The van der Waals surface area contributed by atoms with Crippen molar-refractivity contribution in [1.82, 2.24) is 5.32 Å². The van der Waals surface area contributed by atoms with E-state index in [1.54, 1.807) is 0 Å². The molecule has 0 saturated carbocycles. The number of benzene rings is 2. The predicted molar refractivity (Wildman–Crippen MR) is 91.1 cm³/mol. The molecule has 0 bridgehead atoms. The summed E-state index contributed by atoms with van der Waals surface area (Å²) in [5, 5.41) is 6.35. The molecule has 0 heterocycles. The minimum atomic E-state index is -0.221. The van der Waals surface area contributed by atoms with E-state index in [-0.39, 0.29) is 6.03 Å². The SMILES string of the molecule is Cc1ccc(NC(=O)NCCc2cccc(Cl)c2)c(Br)c1. The van der Waals surface area contributed by atoms with Crippen molar-refractivity contribution >= 4 is 39.2 Å². The van der Waals surface area contributed by atoms with E-state index in [9.17, 15) is 4.79 Å². The second-order valence-corrected chi connectivity index (χ2v) is 6.03. The molecule has 0 aliphatic carbocycles. The zero-order valence-electron chi connectivity index (χ0n) is 11.6. The predicted octanol–water partition coefficient (Wildman–Crippen LogP) is 4.78. The second kappa shape index (κ2) is 7.48. The fourth-order valence-electron chi connectivity index (χ4n) is 1.90. The van der Waals surface area contributed by atoms with Crippen LogP contribution in [-0.2, 0) is 6.42 Å². The molecule has 3 nitrogen and oxygen atoms in total. The van der Waals surface area contributed by atoms with Crippen LogP contribution in [0.25, 0.3) is 0 Å². The van der Waals surface area contributed by atoms with E-state index >= 15 is 0 Å². The third kappa shape index (κ3) is 5.06. The summed E-state index contributed by atoms with van der Waals surface area (Å²) in [6, 6.07) is 13.2. The van der Waals surface area contributed by atoms with Crippen molar-refractivity contribution in [2.75, 3.05) is 11.9 Å². The van der Waals surface area contributed by atoms with E-state index in [0.29, 0.717) is 11.6 Å². The first-order valence-electron chi connectivity index (χ1n) is 6.60. The Labute approximate surface area is 137 Å². The maximum Gasteiger partial charge on any atom is 0.319 e. The molecule has 0 aromatic heterocycles. The summed E-state index contributed by atoms with van der Waals surface area (Å²) in [6.45, 7) is 2.55. The number of halogens is 2. The van der Waals surface area contributed by atoms with E-state index in [4.69, 9.17) is 11.6 Å². The molecule has 21 heavy (non-hydrogen) atoms. The van der Waals surface area contributed by atoms with Crippen LogP contribution >= 0.6 is 27.5 Å². The van der Waals surface area contributed by atoms with Crippen molar-refractivity contribution in [2.45, 2.75) is 13.3 Å². The number of anilines is 1. The number of carbonyl (C=O) groups is 1. The highest BCUT2D eigenvalue weighted by Gasteiger charge is 2.05. The number of aryl methyl sites for hydroxylation is 1. The number of nitrogens with one attached hydrogen (secondary N) is 2. The van der Waals surface area contributed by atoms with Crippen LogP contribution in [-0.4, -0.2) is 12.6 Å². The van der Waals surface area contributed by atoms with Gasteiger partial charge in [-0.2, -0.15) is 0 Å². The average Bonchev–Trinajstić information content (AvgIpc) is 2.42. The van der Waals surface area contributed by atoms with Gasteiger partial charge in [0.2, 0.25) is 0 Å². The van der Waals surface area contributed by atoms with Gasteiger partial charge < -0.3 is 10.6 Å². The van der Waals surface area contributed by atoms with Crippen LogP contribution in [0.5, 0.6) is 0 Å². The normalized spacial score (nSPS) is 10.2. The van der Waals surface area contributed by atoms with Crippen LogP contribution in [0.2, 0.25) is 5.02 Å². The molecule has 0 aliphatic heterocycles. The van der Waals surface area contributed by atoms with Gasteiger partial charge in [0.1, 0.15) is 0 Å². The summed E-state index contributed by atoms with van der Waals surface area (Å²) < 4.78 is 0.868. The molecule has 110 valence electrons. The lowest BCUT2D eigenvalue weighted by Crippen LogP contribution is -2.30. The Morgan fingerprint density at radius 2 is 2.05 bits per heavy atom. The molecule has 2 amide bonds. The van der Waals surface area contributed by atoms with Crippen molar-refractivity contribution < 1.29 is 4.79 Å². The quantitative estimate of drug-likeness (QED) is 0.802. The zero-order valence-corrected chi connectivity index (χ0v) is 14.0. The first-order chi connectivity index (χ1) is 10.0. The maximum absolute atomic E-state index is 11.8. The minimum absolute atomic E-state index is 0.221. The third-order valence-electron chi connectivity index (χ3n) is 2.96. The lowest BCUT2D eigenvalue weighted by molar-refractivity contribution is 0.252. The fourth-order valence-corrected chi connectivity index (χ4v) is 2.71. The van der Waals surface area contributed by atoms with Crippen LogP contribution in [0.4, 0.5) is 10.5 Å². The lowest BCUT2D eigenvalue weighted by atomic mass is 10.1. The van der Waals surface area contributed by atoms with Gasteiger partial charge >= 0.3 is 6.03 Å². The smallest absolute Gasteiger partial charge is 0.319 e. The highest BCUT2D eigenvalue weighted by molar-refractivity contribution is 9.10. The summed E-state index contributed by atoms with van der Waals surface area (Å²) >= 11 is 9.35. The Morgan fingerprint density at radius 3 is 2.76 bits per heavy atom. The van der Waals surface area contributed by atoms with Gasteiger partial charge in [0, 0.05) is 16.0 Å². The van der Waals surface area contributed by atoms with Crippen molar-refractivity contribution in [1.29, 1.82) is 0 Å².